The molecule has 0 aliphatic carbocycles. The van der Waals surface area contributed by atoms with Crippen molar-refractivity contribution in [1.82, 2.24) is 10.2 Å². The maximum absolute atomic E-state index is 12.0. The molecule has 1 aromatic rings. The molecule has 2 atom stereocenters. The molecule has 1 heterocycles. The molecule has 0 aromatic heterocycles. The summed E-state index contributed by atoms with van der Waals surface area (Å²) in [5, 5.41) is 5.23. The molecule has 1 aliphatic heterocycles. The van der Waals surface area contributed by atoms with Gasteiger partial charge in [-0.15, -0.1) is 11.6 Å². The van der Waals surface area contributed by atoms with E-state index in [1.54, 1.807) is 31.3 Å². The van der Waals surface area contributed by atoms with Crippen molar-refractivity contribution < 1.29 is 18.0 Å². The highest BCUT2D eigenvalue weighted by atomic mass is 35.5. The van der Waals surface area contributed by atoms with Crippen LogP contribution < -0.4 is 10.6 Å². The summed E-state index contributed by atoms with van der Waals surface area (Å²) in [7, 11) is -1.59. The molecule has 1 saturated heterocycles. The van der Waals surface area contributed by atoms with Gasteiger partial charge >= 0.3 is 0 Å². The average Bonchev–Trinajstić information content (AvgIpc) is 2.73. The number of alkyl halides is 1. The van der Waals surface area contributed by atoms with Crippen LogP contribution in [0.2, 0.25) is 5.02 Å². The Morgan fingerprint density at radius 2 is 1.76 bits per heavy atom. The number of hydrogen-bond donors (Lipinski definition) is 2. The number of nitrogens with zero attached hydrogens (tertiary/aromatic N) is 1. The molecule has 0 bridgehead atoms. The number of carbonyl (C=O) groups excluding carboxylic acids is 2. The predicted molar refractivity (Wildman–Crippen MR) is 97.8 cm³/mol. The van der Waals surface area contributed by atoms with Crippen molar-refractivity contribution in [3.63, 3.8) is 0 Å². The first-order chi connectivity index (χ1) is 11.6. The number of nitrogens with one attached hydrogen (secondary N) is 2. The fourth-order valence-electron chi connectivity index (χ4n) is 2.47. The maximum Gasteiger partial charge on any atom is 0.238 e. The number of sulfone groups is 1. The van der Waals surface area contributed by atoms with Crippen molar-refractivity contribution >= 4 is 50.5 Å². The van der Waals surface area contributed by atoms with E-state index in [2.05, 4.69) is 10.6 Å². The third kappa shape index (κ3) is 6.47. The van der Waals surface area contributed by atoms with Crippen LogP contribution in [0.5, 0.6) is 0 Å². The van der Waals surface area contributed by atoms with Crippen LogP contribution in [0.15, 0.2) is 24.3 Å². The highest BCUT2D eigenvalue weighted by Crippen LogP contribution is 2.18. The summed E-state index contributed by atoms with van der Waals surface area (Å²) >= 11 is 11.7. The number of benzene rings is 1. The van der Waals surface area contributed by atoms with Crippen molar-refractivity contribution in [2.75, 3.05) is 37.0 Å². The quantitative estimate of drug-likeness (QED) is 0.677. The largest absolute Gasteiger partial charge is 0.350 e. The van der Waals surface area contributed by atoms with E-state index < -0.39 is 21.3 Å². The molecule has 2 rings (SSSR count). The maximum atomic E-state index is 12.0. The first-order valence-corrected chi connectivity index (χ1v) is 10.2. The Kier molecular flexibility index (Phi) is 6.67. The zero-order valence-corrected chi connectivity index (χ0v) is 15.9. The van der Waals surface area contributed by atoms with Gasteiger partial charge in [0.1, 0.15) is 0 Å². The minimum atomic E-state index is -3.21. The van der Waals surface area contributed by atoms with Crippen LogP contribution in [0.4, 0.5) is 5.69 Å². The molecule has 138 valence electrons. The van der Waals surface area contributed by atoms with E-state index in [9.17, 15) is 18.0 Å². The summed E-state index contributed by atoms with van der Waals surface area (Å²) in [6.07, 6.45) is 0. The van der Waals surface area contributed by atoms with Gasteiger partial charge in [0.05, 0.1) is 36.0 Å². The van der Waals surface area contributed by atoms with E-state index in [1.165, 1.54) is 4.90 Å². The minimum absolute atomic E-state index is 0.00329. The molecule has 25 heavy (non-hydrogen) atoms. The number of hydrogen-bond acceptors (Lipinski definition) is 5. The van der Waals surface area contributed by atoms with Gasteiger partial charge < -0.3 is 10.6 Å². The second kappa shape index (κ2) is 8.35. The van der Waals surface area contributed by atoms with E-state index in [4.69, 9.17) is 23.2 Å². The molecule has 2 N–H and O–H groups in total. The second-order valence-corrected chi connectivity index (χ2v) is 9.15. The summed E-state index contributed by atoms with van der Waals surface area (Å²) in [5.41, 5.74) is 0.605. The van der Waals surface area contributed by atoms with Gasteiger partial charge in [-0.25, -0.2) is 8.42 Å². The fraction of sp³-hybridized carbons (Fsp3) is 0.467. The van der Waals surface area contributed by atoms with E-state index in [1.807, 2.05) is 0 Å². The van der Waals surface area contributed by atoms with Crippen LogP contribution in [-0.4, -0.2) is 68.2 Å². The number of halogens is 2. The van der Waals surface area contributed by atoms with Crippen molar-refractivity contribution in [3.05, 3.63) is 29.3 Å². The molecule has 0 spiro atoms. The summed E-state index contributed by atoms with van der Waals surface area (Å²) in [4.78, 5) is 25.5. The molecule has 1 fully saturated rings. The van der Waals surface area contributed by atoms with Crippen LogP contribution in [0.1, 0.15) is 0 Å². The van der Waals surface area contributed by atoms with Crippen LogP contribution >= 0.6 is 23.2 Å². The molecule has 0 saturated carbocycles. The highest BCUT2D eigenvalue weighted by molar-refractivity contribution is 7.91. The summed E-state index contributed by atoms with van der Waals surface area (Å²) in [5.74, 6) is -0.960. The van der Waals surface area contributed by atoms with Gasteiger partial charge in [-0.1, -0.05) is 11.6 Å². The number of amides is 2. The minimum Gasteiger partial charge on any atom is -0.350 e. The van der Waals surface area contributed by atoms with Crippen molar-refractivity contribution in [2.45, 2.75) is 11.4 Å². The van der Waals surface area contributed by atoms with E-state index in [-0.39, 0.29) is 36.4 Å². The first-order valence-electron chi connectivity index (χ1n) is 7.52. The highest BCUT2D eigenvalue weighted by Gasteiger charge is 2.37. The zero-order valence-electron chi connectivity index (χ0n) is 13.5. The monoisotopic (exact) mass is 407 g/mol. The molecule has 10 heteroatoms. The summed E-state index contributed by atoms with van der Waals surface area (Å²) in [6, 6.07) is 6.07. The van der Waals surface area contributed by atoms with Gasteiger partial charge in [-0.2, -0.15) is 0 Å². The topological polar surface area (TPSA) is 95.6 Å². The Hall–Kier alpha value is -1.35. The second-order valence-electron chi connectivity index (χ2n) is 5.99. The summed E-state index contributed by atoms with van der Waals surface area (Å²) in [6.45, 7) is -0.0441. The molecular weight excluding hydrogens is 389 g/mol. The predicted octanol–water partition coefficient (Wildman–Crippen LogP) is 0.731. The summed E-state index contributed by atoms with van der Waals surface area (Å²) < 4.78 is 23.0. The average molecular weight is 408 g/mol. The van der Waals surface area contributed by atoms with E-state index in [0.29, 0.717) is 10.7 Å². The van der Waals surface area contributed by atoms with Gasteiger partial charge in [0.2, 0.25) is 11.8 Å². The molecule has 7 nitrogen and oxygen atoms in total. The lowest BCUT2D eigenvalue weighted by atomic mass is 10.2. The molecule has 0 unspecified atom stereocenters. The van der Waals surface area contributed by atoms with E-state index in [0.717, 1.165) is 0 Å². The van der Waals surface area contributed by atoms with Crippen LogP contribution in [0, 0.1) is 0 Å². The third-order valence-electron chi connectivity index (χ3n) is 3.58. The normalized spacial score (nSPS) is 21.9. The van der Waals surface area contributed by atoms with Gasteiger partial charge in [-0.3, -0.25) is 14.5 Å². The van der Waals surface area contributed by atoms with Crippen molar-refractivity contribution in [2.24, 2.45) is 0 Å². The lowest BCUT2D eigenvalue weighted by molar-refractivity contribution is -0.123. The Morgan fingerprint density at radius 3 is 2.32 bits per heavy atom. The number of anilines is 1. The van der Waals surface area contributed by atoms with Crippen LogP contribution in [-0.2, 0) is 19.4 Å². The SMILES string of the molecule is CN(CC(=O)Nc1ccc(Cl)cc1)CC(=O)N[C@H]1CS(=O)(=O)C[C@@H]1Cl. The van der Waals surface area contributed by atoms with Crippen LogP contribution in [0.3, 0.4) is 0 Å². The Balaban J connectivity index is 1.77. The molecule has 0 radical (unpaired) electrons. The lowest BCUT2D eigenvalue weighted by Gasteiger charge is -2.19. The third-order valence-corrected chi connectivity index (χ3v) is 6.21. The molecule has 2 amide bonds. The Bertz CT molecular complexity index is 740. The fourth-order valence-corrected chi connectivity index (χ4v) is 5.15. The van der Waals surface area contributed by atoms with Crippen molar-refractivity contribution in [3.8, 4) is 0 Å². The van der Waals surface area contributed by atoms with E-state index >= 15 is 0 Å². The van der Waals surface area contributed by atoms with Gasteiger partial charge in [0, 0.05) is 10.7 Å². The first kappa shape index (κ1) is 20.0. The van der Waals surface area contributed by atoms with Gasteiger partial charge in [0.25, 0.3) is 0 Å². The number of likely N-dealkylation sites (N-methyl/N-ethyl adjacent to an activating group) is 1. The Morgan fingerprint density at radius 1 is 1.16 bits per heavy atom. The van der Waals surface area contributed by atoms with Gasteiger partial charge in [0.15, 0.2) is 9.84 Å². The van der Waals surface area contributed by atoms with Crippen LogP contribution in [0.25, 0.3) is 0 Å². The zero-order chi connectivity index (χ0) is 18.6. The molecule has 1 aromatic carbocycles. The Labute approximate surface area is 156 Å². The standard InChI is InChI=1S/C15H19Cl2N3O4S/c1-20(6-14(21)18-11-4-2-10(16)3-5-11)7-15(22)19-13-9-25(23,24)8-12(13)17/h2-5,12-13H,6-9H2,1H3,(H,18,21)(H,19,22)/t12-,13-/m0/s1. The number of rotatable bonds is 6. The van der Waals surface area contributed by atoms with Gasteiger partial charge in [-0.05, 0) is 31.3 Å². The molecular formula is C15H19Cl2N3O4S. The van der Waals surface area contributed by atoms with Crippen molar-refractivity contribution in [1.29, 1.82) is 0 Å². The lowest BCUT2D eigenvalue weighted by Crippen LogP contribution is -2.46. The smallest absolute Gasteiger partial charge is 0.238 e. The number of carbonyl (C=O) groups is 2. The molecule has 1 aliphatic rings.